The van der Waals surface area contributed by atoms with Crippen LogP contribution in [0.5, 0.6) is 5.75 Å². The Morgan fingerprint density at radius 1 is 0.514 bits per heavy atom. The van der Waals surface area contributed by atoms with Crippen molar-refractivity contribution in [2.24, 2.45) is 0 Å². The molecular formula is C69H74N3OPt-. The normalized spacial score (nSPS) is 14.6. The van der Waals surface area contributed by atoms with Crippen molar-refractivity contribution in [2.45, 2.75) is 138 Å². The molecule has 4 nitrogen and oxygen atoms in total. The Labute approximate surface area is 470 Å². The summed E-state index contributed by atoms with van der Waals surface area (Å²) in [6.45, 7) is 29.4. The van der Waals surface area contributed by atoms with E-state index in [1.54, 1.807) is 6.07 Å². The monoisotopic (exact) mass is 1170 g/mol. The molecule has 2 aromatic heterocycles. The van der Waals surface area contributed by atoms with Gasteiger partial charge < -0.3 is 5.11 Å². The van der Waals surface area contributed by atoms with Crippen molar-refractivity contribution in [2.75, 3.05) is 0 Å². The first kappa shape index (κ1) is 41.9. The fourth-order valence-corrected chi connectivity index (χ4v) is 9.31. The summed E-state index contributed by atoms with van der Waals surface area (Å²) < 4.78 is 89.6. The van der Waals surface area contributed by atoms with Crippen LogP contribution in [0.3, 0.4) is 0 Å². The number of benzene rings is 7. The summed E-state index contributed by atoms with van der Waals surface area (Å²) in [6, 6.07) is 36.6. The van der Waals surface area contributed by atoms with Crippen molar-refractivity contribution in [3.8, 4) is 78.6 Å². The average molecular weight is 1170 g/mol. The fraction of sp³-hybridized carbons (Fsp3) is 0.304. The molecule has 5 heteroatoms. The summed E-state index contributed by atoms with van der Waals surface area (Å²) in [5.41, 5.74) is 9.74. The Bertz CT molecular complexity index is 4020. The molecule has 0 radical (unpaired) electrons. The number of para-hydroxylation sites is 1. The fourth-order valence-electron chi connectivity index (χ4n) is 9.31. The predicted octanol–water partition coefficient (Wildman–Crippen LogP) is 18.7. The largest absolute Gasteiger partial charge is 0.507 e. The van der Waals surface area contributed by atoms with E-state index in [1.165, 1.54) is 5.56 Å². The topological polar surface area (TPSA) is 50.9 Å². The average Bonchev–Trinajstić information content (AvgIpc) is 1.62. The SMILES string of the molecule is [2H]c1nc(-c2[c-]c(-c3cccc4c3nc(-c3cc(C(C)(C)C)cc(C(C)(C)C)c3O)n4-c3ccc(C(C)(C)C)cc3-c3ccc(C(C)(C)C)cc3)cc(-c3ccc(C(C)(C)C)cc3)c2)c([2H])c(-c2c([2H])c([2H])c(C([2H])([2H])[2H])c([2H])c2[2H])c1[2H].[Pt]. The van der Waals surface area contributed by atoms with Crippen molar-refractivity contribution in [3.63, 3.8) is 0 Å². The zero-order valence-electron chi connectivity index (χ0n) is 55.5. The Hall–Kier alpha value is -6.35. The van der Waals surface area contributed by atoms with Gasteiger partial charge in [0.25, 0.3) is 0 Å². The van der Waals surface area contributed by atoms with Gasteiger partial charge in [0.2, 0.25) is 0 Å². The smallest absolute Gasteiger partial charge is 0.148 e. The van der Waals surface area contributed by atoms with E-state index in [4.69, 9.17) is 17.3 Å². The minimum absolute atomic E-state index is 0. The minimum Gasteiger partial charge on any atom is -0.507 e. The molecule has 0 aliphatic heterocycles. The molecule has 7 aromatic carbocycles. The van der Waals surface area contributed by atoms with E-state index < -0.39 is 71.4 Å². The molecule has 9 aromatic rings. The molecule has 74 heavy (non-hydrogen) atoms. The maximum Gasteiger partial charge on any atom is 0.148 e. The molecule has 0 amide bonds. The van der Waals surface area contributed by atoms with E-state index in [0.717, 1.165) is 50.1 Å². The van der Waals surface area contributed by atoms with Crippen molar-refractivity contribution in [1.82, 2.24) is 14.5 Å². The summed E-state index contributed by atoms with van der Waals surface area (Å²) in [5, 5.41) is 12.8. The second-order valence-electron chi connectivity index (χ2n) is 24.6. The third kappa shape index (κ3) is 10.9. The van der Waals surface area contributed by atoms with Gasteiger partial charge in [0.1, 0.15) is 11.6 Å². The zero-order chi connectivity index (χ0) is 61.2. The van der Waals surface area contributed by atoms with Gasteiger partial charge in [0.05, 0.1) is 31.9 Å². The molecule has 0 saturated carbocycles. The first-order valence-electron chi connectivity index (χ1n) is 30.2. The Morgan fingerprint density at radius 3 is 1.66 bits per heavy atom. The molecule has 9 rings (SSSR count). The Morgan fingerprint density at radius 2 is 1.08 bits per heavy atom. The summed E-state index contributed by atoms with van der Waals surface area (Å²) in [4.78, 5) is 10.2. The standard InChI is InChI=1S/C69H74N3O.Pt/c1-43-20-22-44(23-21-43)47-34-35-70-59(39-47)50-37-48(45-24-28-51(29-25-45)65(2,3)4)36-49(38-50)55-18-17-19-61-62(55)71-64(57-41-54(68(11,12)13)42-58(63(57)73)69(14,15)16)72(61)60-33-32-53(67(8,9)10)40-56(60)46-26-30-52(31-27-46)66(5,6)7;/h17-37,39-42,73H,1-16H3;/q-1;/i1D3,20D,21D,22D,23D,34D,35D,39D;. The van der Waals surface area contributed by atoms with Crippen LogP contribution in [0.2, 0.25) is 0 Å². The van der Waals surface area contributed by atoms with E-state index in [9.17, 15) is 6.48 Å². The molecule has 0 unspecified atom stereocenters. The maximum absolute atomic E-state index is 12.8. The first-order valence-corrected chi connectivity index (χ1v) is 25.2. The number of imidazole rings is 1. The van der Waals surface area contributed by atoms with E-state index in [0.29, 0.717) is 33.6 Å². The van der Waals surface area contributed by atoms with E-state index >= 15 is 0 Å². The molecule has 0 saturated heterocycles. The molecule has 0 fully saturated rings. The minimum atomic E-state index is -2.99. The van der Waals surface area contributed by atoms with Gasteiger partial charge in [-0.3, -0.25) is 9.55 Å². The van der Waals surface area contributed by atoms with Crippen molar-refractivity contribution < 1.29 is 39.9 Å². The zero-order valence-corrected chi connectivity index (χ0v) is 47.8. The molecule has 0 atom stereocenters. The van der Waals surface area contributed by atoms with Crippen molar-refractivity contribution in [1.29, 1.82) is 0 Å². The van der Waals surface area contributed by atoms with Gasteiger partial charge in [-0.2, -0.15) is 0 Å². The third-order valence-corrected chi connectivity index (χ3v) is 13.8. The van der Waals surface area contributed by atoms with Gasteiger partial charge in [-0.1, -0.05) is 229 Å². The number of hydrogen-bond donors (Lipinski definition) is 1. The quantitative estimate of drug-likeness (QED) is 0.162. The number of aromatic nitrogens is 3. The summed E-state index contributed by atoms with van der Waals surface area (Å²) in [5.74, 6) is 0.616. The van der Waals surface area contributed by atoms with Crippen LogP contribution < -0.4 is 0 Å². The Balaban J connectivity index is 0.00000920. The molecule has 382 valence electrons. The molecule has 0 aliphatic carbocycles. The van der Waals surface area contributed by atoms with Crippen LogP contribution in [0, 0.1) is 12.9 Å². The molecule has 0 aliphatic rings. The molecular weight excluding hydrogens is 1080 g/mol. The summed E-state index contributed by atoms with van der Waals surface area (Å²) in [6.07, 6.45) is -0.601. The van der Waals surface area contributed by atoms with Crippen LogP contribution in [-0.4, -0.2) is 19.6 Å². The molecule has 1 N–H and O–H groups in total. The number of rotatable bonds is 7. The van der Waals surface area contributed by atoms with Gasteiger partial charge in [-0.15, -0.1) is 23.8 Å². The number of hydrogen-bond acceptors (Lipinski definition) is 3. The van der Waals surface area contributed by atoms with Gasteiger partial charge >= 0.3 is 0 Å². The van der Waals surface area contributed by atoms with Gasteiger partial charge in [-0.25, -0.2) is 4.98 Å². The number of fused-ring (bicyclic) bond motifs is 1. The van der Waals surface area contributed by atoms with E-state index in [-0.39, 0.29) is 59.7 Å². The molecule has 0 bridgehead atoms. The van der Waals surface area contributed by atoms with Gasteiger partial charge in [0, 0.05) is 48.2 Å². The van der Waals surface area contributed by atoms with Gasteiger partial charge in [-0.05, 0) is 109 Å². The molecule has 2 heterocycles. The number of aromatic hydroxyl groups is 1. The van der Waals surface area contributed by atoms with Crippen LogP contribution in [-0.2, 0) is 48.1 Å². The van der Waals surface area contributed by atoms with Gasteiger partial charge in [0.15, 0.2) is 0 Å². The predicted molar refractivity (Wildman–Crippen MR) is 310 cm³/mol. The van der Waals surface area contributed by atoms with E-state index in [2.05, 4.69) is 186 Å². The number of phenolic OH excluding ortho intramolecular Hbond substituents is 1. The maximum atomic E-state index is 12.8. The number of nitrogens with zero attached hydrogens (tertiary/aromatic N) is 3. The van der Waals surface area contributed by atoms with Crippen LogP contribution in [0.25, 0.3) is 83.9 Å². The summed E-state index contributed by atoms with van der Waals surface area (Å²) >= 11 is 0. The van der Waals surface area contributed by atoms with Crippen LogP contribution in [0.4, 0.5) is 0 Å². The van der Waals surface area contributed by atoms with Crippen LogP contribution in [0.1, 0.15) is 151 Å². The number of pyridine rings is 1. The van der Waals surface area contributed by atoms with Crippen LogP contribution >= 0.6 is 0 Å². The van der Waals surface area contributed by atoms with E-state index in [1.807, 2.05) is 36.4 Å². The van der Waals surface area contributed by atoms with Crippen molar-refractivity contribution in [3.05, 3.63) is 191 Å². The van der Waals surface area contributed by atoms with Crippen molar-refractivity contribution >= 4 is 11.0 Å². The van der Waals surface area contributed by atoms with Crippen LogP contribution in [0.15, 0.2) is 152 Å². The summed E-state index contributed by atoms with van der Waals surface area (Å²) in [7, 11) is 0. The number of phenols is 1. The first-order chi connectivity index (χ1) is 38.3. The second kappa shape index (κ2) is 19.7. The third-order valence-electron chi connectivity index (χ3n) is 13.8. The second-order valence-corrected chi connectivity index (χ2v) is 24.6. The molecule has 0 spiro atoms. The Kier molecular flexibility index (Phi) is 11.2.